The van der Waals surface area contributed by atoms with Gasteiger partial charge < -0.3 is 5.32 Å². The lowest BCUT2D eigenvalue weighted by molar-refractivity contribution is 0.687. The van der Waals surface area contributed by atoms with Crippen molar-refractivity contribution in [1.29, 1.82) is 0 Å². The van der Waals surface area contributed by atoms with Crippen LogP contribution in [0.5, 0.6) is 0 Å². The van der Waals surface area contributed by atoms with Crippen molar-refractivity contribution >= 4 is 17.4 Å². The van der Waals surface area contributed by atoms with Gasteiger partial charge in [0, 0.05) is 18.1 Å². The van der Waals surface area contributed by atoms with Crippen LogP contribution in [0.3, 0.4) is 0 Å². The number of aromatic nitrogens is 1. The molecule has 1 N–H and O–H groups in total. The molecule has 0 bridgehead atoms. The maximum atomic E-state index is 5.60. The first-order valence-corrected chi connectivity index (χ1v) is 6.10. The van der Waals surface area contributed by atoms with Crippen molar-refractivity contribution in [3.63, 3.8) is 0 Å². The number of halogens is 1. The quantitative estimate of drug-likeness (QED) is 0.568. The predicted octanol–water partition coefficient (Wildman–Crippen LogP) is 3.60. The Morgan fingerprint density at radius 2 is 2.00 bits per heavy atom. The van der Waals surface area contributed by atoms with E-state index >= 15 is 0 Å². The summed E-state index contributed by atoms with van der Waals surface area (Å²) in [5.74, 6) is 1.76. The summed E-state index contributed by atoms with van der Waals surface area (Å²) in [7, 11) is 0. The summed E-state index contributed by atoms with van der Waals surface area (Å²) in [5.41, 5.74) is 1.06. The maximum absolute atomic E-state index is 5.60. The molecule has 0 amide bonds. The van der Waals surface area contributed by atoms with Crippen LogP contribution in [-0.4, -0.2) is 17.4 Å². The van der Waals surface area contributed by atoms with E-state index in [4.69, 9.17) is 11.6 Å². The predicted molar refractivity (Wildman–Crippen MR) is 66.7 cm³/mol. The van der Waals surface area contributed by atoms with Gasteiger partial charge in [0.05, 0.1) is 0 Å². The zero-order chi connectivity index (χ0) is 10.9. The first-order valence-electron chi connectivity index (χ1n) is 5.56. The van der Waals surface area contributed by atoms with E-state index in [9.17, 15) is 0 Å². The van der Waals surface area contributed by atoms with Crippen molar-refractivity contribution in [2.24, 2.45) is 0 Å². The molecule has 0 saturated carbocycles. The molecule has 1 aromatic rings. The summed E-state index contributed by atoms with van der Waals surface area (Å²) in [5, 5.41) is 3.32. The third-order valence-corrected chi connectivity index (χ3v) is 2.52. The fourth-order valence-electron chi connectivity index (χ4n) is 1.43. The number of rotatable bonds is 7. The Morgan fingerprint density at radius 3 is 2.73 bits per heavy atom. The van der Waals surface area contributed by atoms with Crippen molar-refractivity contribution in [2.75, 3.05) is 17.7 Å². The molecule has 15 heavy (non-hydrogen) atoms. The molecular weight excluding hydrogens is 208 g/mol. The minimum Gasteiger partial charge on any atom is -0.370 e. The Bertz CT molecular complexity index is 276. The maximum Gasteiger partial charge on any atom is 0.126 e. The van der Waals surface area contributed by atoms with Gasteiger partial charge in [0.15, 0.2) is 0 Å². The standard InChI is InChI=1S/C12H19ClN2/c1-11-7-6-8-12(15-11)14-10-5-3-2-4-9-13/h6-8H,2-5,9-10H2,1H3,(H,14,15). The van der Waals surface area contributed by atoms with Gasteiger partial charge in [-0.1, -0.05) is 18.9 Å². The van der Waals surface area contributed by atoms with E-state index in [-0.39, 0.29) is 0 Å². The van der Waals surface area contributed by atoms with E-state index in [0.29, 0.717) is 0 Å². The highest BCUT2D eigenvalue weighted by atomic mass is 35.5. The van der Waals surface area contributed by atoms with Crippen LogP contribution in [0.25, 0.3) is 0 Å². The summed E-state index contributed by atoms with van der Waals surface area (Å²) < 4.78 is 0. The molecule has 1 rings (SSSR count). The lowest BCUT2D eigenvalue weighted by Crippen LogP contribution is -2.03. The Hall–Kier alpha value is -0.760. The topological polar surface area (TPSA) is 24.9 Å². The van der Waals surface area contributed by atoms with Gasteiger partial charge in [-0.05, 0) is 31.9 Å². The second-order valence-electron chi connectivity index (χ2n) is 3.69. The van der Waals surface area contributed by atoms with E-state index < -0.39 is 0 Å². The van der Waals surface area contributed by atoms with Gasteiger partial charge in [0.1, 0.15) is 5.82 Å². The molecular formula is C12H19ClN2. The fourth-order valence-corrected chi connectivity index (χ4v) is 1.62. The van der Waals surface area contributed by atoms with Crippen LogP contribution in [0.2, 0.25) is 0 Å². The second kappa shape index (κ2) is 7.52. The van der Waals surface area contributed by atoms with E-state index in [0.717, 1.165) is 30.4 Å². The van der Waals surface area contributed by atoms with Gasteiger partial charge in [-0.3, -0.25) is 0 Å². The summed E-state index contributed by atoms with van der Waals surface area (Å²) in [6.07, 6.45) is 4.79. The van der Waals surface area contributed by atoms with Gasteiger partial charge in [0.25, 0.3) is 0 Å². The molecule has 0 atom stereocenters. The highest BCUT2D eigenvalue weighted by Gasteiger charge is 1.93. The third-order valence-electron chi connectivity index (χ3n) is 2.25. The number of unbranched alkanes of at least 4 members (excludes halogenated alkanes) is 3. The minimum atomic E-state index is 0.785. The molecule has 84 valence electrons. The summed E-state index contributed by atoms with van der Waals surface area (Å²) >= 11 is 5.60. The first kappa shape index (κ1) is 12.3. The van der Waals surface area contributed by atoms with E-state index in [1.165, 1.54) is 19.3 Å². The Labute approximate surface area is 97.1 Å². The Morgan fingerprint density at radius 1 is 1.20 bits per heavy atom. The number of anilines is 1. The summed E-state index contributed by atoms with van der Waals surface area (Å²) in [4.78, 5) is 4.37. The van der Waals surface area contributed by atoms with Gasteiger partial charge in [-0.2, -0.15) is 0 Å². The molecule has 0 aliphatic heterocycles. The Kier molecular flexibility index (Phi) is 6.17. The van der Waals surface area contributed by atoms with Crippen LogP contribution < -0.4 is 5.32 Å². The van der Waals surface area contributed by atoms with Gasteiger partial charge in [-0.15, -0.1) is 11.6 Å². The van der Waals surface area contributed by atoms with Gasteiger partial charge in [0.2, 0.25) is 0 Å². The fraction of sp³-hybridized carbons (Fsp3) is 0.583. The molecule has 1 heterocycles. The van der Waals surface area contributed by atoms with Crippen LogP contribution in [0.1, 0.15) is 31.4 Å². The number of hydrogen-bond acceptors (Lipinski definition) is 2. The average Bonchev–Trinajstić information content (AvgIpc) is 2.23. The van der Waals surface area contributed by atoms with Crippen molar-refractivity contribution in [2.45, 2.75) is 32.6 Å². The summed E-state index contributed by atoms with van der Waals surface area (Å²) in [6, 6.07) is 6.04. The molecule has 1 aromatic heterocycles. The minimum absolute atomic E-state index is 0.785. The zero-order valence-electron chi connectivity index (χ0n) is 9.30. The molecule has 0 aliphatic rings. The highest BCUT2D eigenvalue weighted by molar-refractivity contribution is 6.17. The third kappa shape index (κ3) is 5.63. The normalized spacial score (nSPS) is 10.3. The summed E-state index contributed by atoms with van der Waals surface area (Å²) in [6.45, 7) is 3.00. The molecule has 0 spiro atoms. The molecule has 0 saturated heterocycles. The van der Waals surface area contributed by atoms with Gasteiger partial charge >= 0.3 is 0 Å². The second-order valence-corrected chi connectivity index (χ2v) is 4.07. The Balaban J connectivity index is 2.10. The number of hydrogen-bond donors (Lipinski definition) is 1. The van der Waals surface area contributed by atoms with Crippen molar-refractivity contribution < 1.29 is 0 Å². The van der Waals surface area contributed by atoms with Crippen LogP contribution in [0, 0.1) is 6.92 Å². The van der Waals surface area contributed by atoms with Crippen LogP contribution in [0.4, 0.5) is 5.82 Å². The van der Waals surface area contributed by atoms with E-state index in [1.54, 1.807) is 0 Å². The number of alkyl halides is 1. The van der Waals surface area contributed by atoms with E-state index in [1.807, 2.05) is 25.1 Å². The molecule has 3 heteroatoms. The lowest BCUT2D eigenvalue weighted by Gasteiger charge is -2.05. The smallest absolute Gasteiger partial charge is 0.126 e. The van der Waals surface area contributed by atoms with Crippen LogP contribution in [-0.2, 0) is 0 Å². The zero-order valence-corrected chi connectivity index (χ0v) is 10.1. The monoisotopic (exact) mass is 226 g/mol. The molecule has 0 aromatic carbocycles. The SMILES string of the molecule is Cc1cccc(NCCCCCCCl)n1. The number of nitrogens with one attached hydrogen (secondary N) is 1. The molecule has 0 unspecified atom stereocenters. The largest absolute Gasteiger partial charge is 0.370 e. The molecule has 0 fully saturated rings. The molecule has 0 radical (unpaired) electrons. The van der Waals surface area contributed by atoms with E-state index in [2.05, 4.69) is 10.3 Å². The molecule has 2 nitrogen and oxygen atoms in total. The molecule has 0 aliphatic carbocycles. The van der Waals surface area contributed by atoms with Crippen molar-refractivity contribution in [1.82, 2.24) is 4.98 Å². The highest BCUT2D eigenvalue weighted by Crippen LogP contribution is 2.05. The van der Waals surface area contributed by atoms with Crippen molar-refractivity contribution in [3.8, 4) is 0 Å². The first-order chi connectivity index (χ1) is 7.33. The average molecular weight is 227 g/mol. The van der Waals surface area contributed by atoms with Crippen LogP contribution >= 0.6 is 11.6 Å². The van der Waals surface area contributed by atoms with Gasteiger partial charge in [-0.25, -0.2) is 4.98 Å². The van der Waals surface area contributed by atoms with Crippen LogP contribution in [0.15, 0.2) is 18.2 Å². The number of nitrogens with zero attached hydrogens (tertiary/aromatic N) is 1. The number of aryl methyl sites for hydroxylation is 1. The number of pyridine rings is 1. The van der Waals surface area contributed by atoms with Crippen molar-refractivity contribution in [3.05, 3.63) is 23.9 Å². The lowest BCUT2D eigenvalue weighted by atomic mass is 10.2.